The van der Waals surface area contributed by atoms with Crippen molar-refractivity contribution < 1.29 is 13.9 Å². The van der Waals surface area contributed by atoms with Gasteiger partial charge in [-0.1, -0.05) is 24.3 Å². The molecule has 2 rings (SSSR count). The van der Waals surface area contributed by atoms with Gasteiger partial charge in [0.1, 0.15) is 5.75 Å². The lowest BCUT2D eigenvalue weighted by atomic mass is 10.1. The van der Waals surface area contributed by atoms with Gasteiger partial charge in [0.25, 0.3) is 11.3 Å². The smallest absolute Gasteiger partial charge is 0.259 e. The van der Waals surface area contributed by atoms with Crippen LogP contribution in [0.1, 0.15) is 0 Å². The first-order chi connectivity index (χ1) is 7.18. The molecule has 0 aromatic heterocycles. The fourth-order valence-electron chi connectivity index (χ4n) is 1.47. The molecular formula is C10H9NO3S. The van der Waals surface area contributed by atoms with Crippen LogP contribution in [0.3, 0.4) is 0 Å². The van der Waals surface area contributed by atoms with Crippen LogP contribution >= 0.6 is 0 Å². The molecule has 0 aliphatic heterocycles. The van der Waals surface area contributed by atoms with Gasteiger partial charge in [-0.25, -0.2) is 4.21 Å². The van der Waals surface area contributed by atoms with Crippen LogP contribution in [0.2, 0.25) is 0 Å². The van der Waals surface area contributed by atoms with Gasteiger partial charge >= 0.3 is 0 Å². The second-order valence-corrected chi connectivity index (χ2v) is 3.73. The van der Waals surface area contributed by atoms with Gasteiger partial charge in [-0.3, -0.25) is 9.27 Å². The molecule has 0 aliphatic carbocycles. The van der Waals surface area contributed by atoms with Gasteiger partial charge in [0.15, 0.2) is 0 Å². The molecule has 0 saturated heterocycles. The van der Waals surface area contributed by atoms with E-state index in [0.717, 1.165) is 0 Å². The molecule has 0 aliphatic rings. The van der Waals surface area contributed by atoms with E-state index in [0.29, 0.717) is 16.5 Å². The number of hydrogen-bond acceptors (Lipinski definition) is 2. The SMILES string of the molecule is O=S(O)Nc1ccc(O)c2ccccc12. The summed E-state index contributed by atoms with van der Waals surface area (Å²) >= 11 is -2.11. The van der Waals surface area contributed by atoms with Gasteiger partial charge < -0.3 is 5.11 Å². The second kappa shape index (κ2) is 3.88. The standard InChI is InChI=1S/C10H9NO3S/c12-10-6-5-9(11-15(13)14)7-3-1-2-4-8(7)10/h1-6,11-12H,(H,13,14). The maximum atomic E-state index is 10.6. The summed E-state index contributed by atoms with van der Waals surface area (Å²) in [4.78, 5) is 0. The summed E-state index contributed by atoms with van der Waals surface area (Å²) in [5.74, 6) is 0.153. The molecule has 0 bridgehead atoms. The molecule has 3 N–H and O–H groups in total. The fraction of sp³-hybridized carbons (Fsp3) is 0. The minimum atomic E-state index is -2.11. The molecule has 0 spiro atoms. The Hall–Kier alpha value is -1.59. The Morgan fingerprint density at radius 1 is 1.07 bits per heavy atom. The van der Waals surface area contributed by atoms with Crippen molar-refractivity contribution in [3.05, 3.63) is 36.4 Å². The Kier molecular flexibility index (Phi) is 2.57. The molecule has 1 unspecified atom stereocenters. The third kappa shape index (κ3) is 1.93. The molecule has 78 valence electrons. The van der Waals surface area contributed by atoms with Gasteiger partial charge in [-0.05, 0) is 12.1 Å². The van der Waals surface area contributed by atoms with Crippen LogP contribution in [-0.2, 0) is 11.3 Å². The zero-order valence-corrected chi connectivity index (χ0v) is 8.49. The van der Waals surface area contributed by atoms with E-state index in [-0.39, 0.29) is 5.75 Å². The van der Waals surface area contributed by atoms with E-state index in [1.165, 1.54) is 6.07 Å². The fourth-order valence-corrected chi connectivity index (χ4v) is 1.83. The van der Waals surface area contributed by atoms with Crippen LogP contribution in [0.5, 0.6) is 5.75 Å². The quantitative estimate of drug-likeness (QED) is 0.539. The molecule has 0 saturated carbocycles. The van der Waals surface area contributed by atoms with Crippen molar-refractivity contribution >= 4 is 27.7 Å². The molecule has 0 fully saturated rings. The van der Waals surface area contributed by atoms with Crippen molar-refractivity contribution in [1.82, 2.24) is 0 Å². The number of hydrogen-bond donors (Lipinski definition) is 3. The zero-order chi connectivity index (χ0) is 10.8. The number of rotatable bonds is 2. The molecule has 0 heterocycles. The van der Waals surface area contributed by atoms with Gasteiger partial charge in [-0.2, -0.15) is 0 Å². The number of phenols is 1. The first kappa shape index (κ1) is 9.95. The number of aromatic hydroxyl groups is 1. The maximum Gasteiger partial charge on any atom is 0.259 e. The Labute approximate surface area is 89.0 Å². The largest absolute Gasteiger partial charge is 0.507 e. The Bertz CT molecular complexity index is 527. The summed E-state index contributed by atoms with van der Waals surface area (Å²) in [5, 5.41) is 10.9. The predicted molar refractivity (Wildman–Crippen MR) is 60.0 cm³/mol. The lowest BCUT2D eigenvalue weighted by Crippen LogP contribution is -2.02. The Morgan fingerprint density at radius 2 is 1.73 bits per heavy atom. The van der Waals surface area contributed by atoms with Gasteiger partial charge in [0.05, 0.1) is 5.69 Å². The molecular weight excluding hydrogens is 214 g/mol. The monoisotopic (exact) mass is 223 g/mol. The summed E-state index contributed by atoms with van der Waals surface area (Å²) in [6, 6.07) is 10.2. The highest BCUT2D eigenvalue weighted by molar-refractivity contribution is 7.80. The molecule has 0 radical (unpaired) electrons. The van der Waals surface area contributed by atoms with Crippen molar-refractivity contribution in [3.63, 3.8) is 0 Å². The first-order valence-electron chi connectivity index (χ1n) is 4.27. The summed E-state index contributed by atoms with van der Waals surface area (Å²) in [6.45, 7) is 0. The van der Waals surface area contributed by atoms with Crippen LogP contribution in [0, 0.1) is 0 Å². The number of phenolic OH excluding ortho intramolecular Hbond substituents is 1. The zero-order valence-electron chi connectivity index (χ0n) is 7.68. The molecule has 2 aromatic rings. The van der Waals surface area contributed by atoms with E-state index in [2.05, 4.69) is 4.72 Å². The third-order valence-corrected chi connectivity index (χ3v) is 2.49. The van der Waals surface area contributed by atoms with E-state index in [1.54, 1.807) is 30.3 Å². The molecule has 4 nitrogen and oxygen atoms in total. The molecule has 5 heteroatoms. The number of nitrogens with one attached hydrogen (secondary N) is 1. The van der Waals surface area contributed by atoms with Crippen molar-refractivity contribution in [2.24, 2.45) is 0 Å². The van der Waals surface area contributed by atoms with E-state index in [1.807, 2.05) is 0 Å². The van der Waals surface area contributed by atoms with Crippen molar-refractivity contribution in [3.8, 4) is 5.75 Å². The normalized spacial score (nSPS) is 12.6. The maximum absolute atomic E-state index is 10.6. The summed E-state index contributed by atoms with van der Waals surface area (Å²) in [7, 11) is 0. The minimum Gasteiger partial charge on any atom is -0.507 e. The number of anilines is 1. The minimum absolute atomic E-state index is 0.153. The van der Waals surface area contributed by atoms with Crippen molar-refractivity contribution in [2.75, 3.05) is 4.72 Å². The average Bonchev–Trinajstić information content (AvgIpc) is 2.22. The first-order valence-corrected chi connectivity index (χ1v) is 5.37. The van der Waals surface area contributed by atoms with E-state index < -0.39 is 11.3 Å². The molecule has 15 heavy (non-hydrogen) atoms. The molecule has 0 amide bonds. The van der Waals surface area contributed by atoms with Crippen molar-refractivity contribution in [1.29, 1.82) is 0 Å². The second-order valence-electron chi connectivity index (χ2n) is 3.03. The Morgan fingerprint density at radius 3 is 2.40 bits per heavy atom. The molecule has 1 atom stereocenters. The summed E-state index contributed by atoms with van der Waals surface area (Å²) in [6.07, 6.45) is 0. The lowest BCUT2D eigenvalue weighted by Gasteiger charge is -2.07. The number of fused-ring (bicyclic) bond motifs is 1. The average molecular weight is 223 g/mol. The highest BCUT2D eigenvalue weighted by Crippen LogP contribution is 2.30. The van der Waals surface area contributed by atoms with E-state index in [9.17, 15) is 9.32 Å². The van der Waals surface area contributed by atoms with Crippen LogP contribution in [0.4, 0.5) is 5.69 Å². The van der Waals surface area contributed by atoms with Crippen LogP contribution in [0.15, 0.2) is 36.4 Å². The topological polar surface area (TPSA) is 69.6 Å². The van der Waals surface area contributed by atoms with E-state index >= 15 is 0 Å². The van der Waals surface area contributed by atoms with Crippen LogP contribution in [-0.4, -0.2) is 13.9 Å². The summed E-state index contributed by atoms with van der Waals surface area (Å²) in [5.41, 5.74) is 0.518. The van der Waals surface area contributed by atoms with Crippen LogP contribution < -0.4 is 4.72 Å². The van der Waals surface area contributed by atoms with E-state index in [4.69, 9.17) is 4.55 Å². The summed E-state index contributed by atoms with van der Waals surface area (Å²) < 4.78 is 21.8. The van der Waals surface area contributed by atoms with Crippen LogP contribution in [0.25, 0.3) is 10.8 Å². The van der Waals surface area contributed by atoms with Gasteiger partial charge in [0, 0.05) is 10.8 Å². The predicted octanol–water partition coefficient (Wildman–Crippen LogP) is 2.09. The van der Waals surface area contributed by atoms with Crippen molar-refractivity contribution in [2.45, 2.75) is 0 Å². The highest BCUT2D eigenvalue weighted by atomic mass is 32.2. The van der Waals surface area contributed by atoms with Gasteiger partial charge in [-0.15, -0.1) is 0 Å². The lowest BCUT2D eigenvalue weighted by molar-refractivity contribution is 0.481. The highest BCUT2D eigenvalue weighted by Gasteiger charge is 2.05. The third-order valence-electron chi connectivity index (χ3n) is 2.10. The number of benzene rings is 2. The molecule has 2 aromatic carbocycles. The van der Waals surface area contributed by atoms with Gasteiger partial charge in [0.2, 0.25) is 0 Å². The Balaban J connectivity index is 2.66.